The van der Waals surface area contributed by atoms with Gasteiger partial charge in [0.2, 0.25) is 0 Å². The fourth-order valence-electron chi connectivity index (χ4n) is 4.41. The Morgan fingerprint density at radius 1 is 1.11 bits per heavy atom. The van der Waals surface area contributed by atoms with Crippen molar-refractivity contribution >= 4 is 17.5 Å². The molecule has 4 nitrogen and oxygen atoms in total. The summed E-state index contributed by atoms with van der Waals surface area (Å²) in [5.74, 6) is -1.78. The molecule has 1 saturated carbocycles. The molecule has 0 aromatic heterocycles. The summed E-state index contributed by atoms with van der Waals surface area (Å²) in [5, 5.41) is 0. The summed E-state index contributed by atoms with van der Waals surface area (Å²) in [6.45, 7) is 1.64. The van der Waals surface area contributed by atoms with Gasteiger partial charge in [-0.15, -0.1) is 0 Å². The SMILES string of the molecule is CC1(CCc2ccccc2)OC(=O)C(C(=O)CCCC2CCCCC2)C1=O. The van der Waals surface area contributed by atoms with Gasteiger partial charge in [0.05, 0.1) is 0 Å². The second-order valence-corrected chi connectivity index (χ2v) is 8.30. The molecule has 1 aromatic carbocycles. The second kappa shape index (κ2) is 8.81. The molecule has 2 atom stereocenters. The number of rotatable bonds is 8. The molecule has 2 unspecified atom stereocenters. The molecule has 0 spiro atoms. The molecule has 0 radical (unpaired) electrons. The van der Waals surface area contributed by atoms with Gasteiger partial charge in [-0.2, -0.15) is 0 Å². The summed E-state index contributed by atoms with van der Waals surface area (Å²) in [6, 6.07) is 9.79. The van der Waals surface area contributed by atoms with Crippen LogP contribution in [0.15, 0.2) is 30.3 Å². The minimum atomic E-state index is -1.21. The first kappa shape index (κ1) is 19.8. The molecule has 0 bridgehead atoms. The van der Waals surface area contributed by atoms with Gasteiger partial charge >= 0.3 is 5.97 Å². The molecule has 1 heterocycles. The Morgan fingerprint density at radius 3 is 2.52 bits per heavy atom. The molecule has 2 aliphatic rings. The van der Waals surface area contributed by atoms with Gasteiger partial charge in [-0.1, -0.05) is 68.9 Å². The van der Waals surface area contributed by atoms with E-state index in [0.717, 1.165) is 18.4 Å². The Hall–Kier alpha value is -1.97. The first-order valence-electron chi connectivity index (χ1n) is 10.3. The summed E-state index contributed by atoms with van der Waals surface area (Å²) in [4.78, 5) is 37.6. The van der Waals surface area contributed by atoms with Crippen molar-refractivity contribution in [2.24, 2.45) is 11.8 Å². The van der Waals surface area contributed by atoms with Crippen molar-refractivity contribution in [3.8, 4) is 0 Å². The zero-order valence-corrected chi connectivity index (χ0v) is 16.2. The molecular formula is C23H30O4. The quantitative estimate of drug-likeness (QED) is 0.501. The van der Waals surface area contributed by atoms with Gasteiger partial charge in [0.25, 0.3) is 0 Å². The lowest BCUT2D eigenvalue weighted by Crippen LogP contribution is -2.36. The number of cyclic esters (lactones) is 1. The van der Waals surface area contributed by atoms with E-state index in [0.29, 0.717) is 25.2 Å². The molecule has 2 fully saturated rings. The van der Waals surface area contributed by atoms with Crippen molar-refractivity contribution < 1.29 is 19.1 Å². The fourth-order valence-corrected chi connectivity index (χ4v) is 4.41. The molecule has 0 amide bonds. The monoisotopic (exact) mass is 370 g/mol. The maximum absolute atomic E-state index is 12.8. The van der Waals surface area contributed by atoms with Gasteiger partial charge in [0.15, 0.2) is 23.1 Å². The van der Waals surface area contributed by atoms with Crippen molar-refractivity contribution in [3.63, 3.8) is 0 Å². The Labute approximate surface area is 161 Å². The van der Waals surface area contributed by atoms with Gasteiger partial charge in [-0.05, 0) is 37.7 Å². The predicted octanol–water partition coefficient (Wildman–Crippen LogP) is 4.44. The van der Waals surface area contributed by atoms with Crippen LogP contribution in [0.1, 0.15) is 70.3 Å². The van der Waals surface area contributed by atoms with Crippen LogP contribution in [0.4, 0.5) is 0 Å². The third-order valence-corrected chi connectivity index (χ3v) is 6.16. The lowest BCUT2D eigenvalue weighted by atomic mass is 9.83. The van der Waals surface area contributed by atoms with Crippen molar-refractivity contribution in [3.05, 3.63) is 35.9 Å². The summed E-state index contributed by atoms with van der Waals surface area (Å²) >= 11 is 0. The Balaban J connectivity index is 1.52. The number of benzene rings is 1. The van der Waals surface area contributed by atoms with Gasteiger partial charge in [-0.25, -0.2) is 0 Å². The Bertz CT molecular complexity index is 675. The number of carbonyl (C=O) groups is 3. The zero-order valence-electron chi connectivity index (χ0n) is 16.2. The Morgan fingerprint density at radius 2 is 1.81 bits per heavy atom. The Kier molecular flexibility index (Phi) is 6.46. The standard InChI is InChI=1S/C23H30O4/c1-23(16-15-18-11-6-3-7-12-18)21(25)20(22(26)27-23)19(24)14-8-13-17-9-4-2-5-10-17/h3,6-7,11-12,17,20H,2,4-5,8-10,13-16H2,1H3. The van der Waals surface area contributed by atoms with Gasteiger partial charge in [0.1, 0.15) is 0 Å². The average molecular weight is 370 g/mol. The number of carbonyl (C=O) groups excluding carboxylic acids is 3. The molecule has 1 saturated heterocycles. The maximum Gasteiger partial charge on any atom is 0.325 e. The summed E-state index contributed by atoms with van der Waals surface area (Å²) < 4.78 is 5.40. The second-order valence-electron chi connectivity index (χ2n) is 8.30. The van der Waals surface area contributed by atoms with Gasteiger partial charge in [-0.3, -0.25) is 14.4 Å². The van der Waals surface area contributed by atoms with E-state index in [9.17, 15) is 14.4 Å². The molecule has 1 aliphatic heterocycles. The van der Waals surface area contributed by atoms with Crippen LogP contribution in [-0.4, -0.2) is 23.1 Å². The molecule has 1 aromatic rings. The van der Waals surface area contributed by atoms with Crippen molar-refractivity contribution in [2.45, 2.75) is 76.7 Å². The smallest absolute Gasteiger partial charge is 0.325 e. The van der Waals surface area contributed by atoms with Crippen LogP contribution in [-0.2, 0) is 25.5 Å². The van der Waals surface area contributed by atoms with Gasteiger partial charge in [0, 0.05) is 6.42 Å². The third kappa shape index (κ3) is 4.85. The lowest BCUT2D eigenvalue weighted by molar-refractivity contribution is -0.152. The summed E-state index contributed by atoms with van der Waals surface area (Å²) in [6.07, 6.45) is 9.51. The minimum Gasteiger partial charge on any atom is -0.450 e. The predicted molar refractivity (Wildman–Crippen MR) is 103 cm³/mol. The zero-order chi connectivity index (χ0) is 19.3. The maximum atomic E-state index is 12.8. The van der Waals surface area contributed by atoms with Crippen LogP contribution in [0.25, 0.3) is 0 Å². The summed E-state index contributed by atoms with van der Waals surface area (Å²) in [7, 11) is 0. The molecule has 1 aliphatic carbocycles. The first-order chi connectivity index (χ1) is 13.0. The highest BCUT2D eigenvalue weighted by Gasteiger charge is 2.54. The van der Waals surface area contributed by atoms with Crippen LogP contribution in [0.5, 0.6) is 0 Å². The molecule has 0 N–H and O–H groups in total. The van der Waals surface area contributed by atoms with Crippen LogP contribution in [0.3, 0.4) is 0 Å². The summed E-state index contributed by atoms with van der Waals surface area (Å²) in [5.41, 5.74) is -0.0961. The highest BCUT2D eigenvalue weighted by molar-refractivity contribution is 6.23. The number of esters is 1. The number of ether oxygens (including phenoxy) is 1. The van der Waals surface area contributed by atoms with E-state index in [1.807, 2.05) is 30.3 Å². The van der Waals surface area contributed by atoms with E-state index < -0.39 is 17.5 Å². The van der Waals surface area contributed by atoms with E-state index >= 15 is 0 Å². The van der Waals surface area contributed by atoms with Crippen molar-refractivity contribution in [1.29, 1.82) is 0 Å². The number of aryl methyl sites for hydroxylation is 1. The highest BCUT2D eigenvalue weighted by atomic mass is 16.6. The number of Topliss-reactive ketones (excluding diaryl/α,β-unsaturated/α-hetero) is 2. The fraction of sp³-hybridized carbons (Fsp3) is 0.609. The number of ketones is 2. The third-order valence-electron chi connectivity index (χ3n) is 6.16. The van der Waals surface area contributed by atoms with Crippen LogP contribution >= 0.6 is 0 Å². The van der Waals surface area contributed by atoms with Crippen molar-refractivity contribution in [2.75, 3.05) is 0 Å². The van der Waals surface area contributed by atoms with Crippen LogP contribution in [0.2, 0.25) is 0 Å². The topological polar surface area (TPSA) is 60.4 Å². The number of hydrogen-bond donors (Lipinski definition) is 0. The highest BCUT2D eigenvalue weighted by Crippen LogP contribution is 2.33. The van der Waals surface area contributed by atoms with E-state index in [4.69, 9.17) is 4.74 Å². The van der Waals surface area contributed by atoms with Gasteiger partial charge < -0.3 is 4.74 Å². The van der Waals surface area contributed by atoms with Crippen molar-refractivity contribution in [1.82, 2.24) is 0 Å². The first-order valence-corrected chi connectivity index (χ1v) is 10.3. The largest absolute Gasteiger partial charge is 0.450 e. The average Bonchev–Trinajstić information content (AvgIpc) is 2.91. The van der Waals surface area contributed by atoms with Crippen LogP contribution in [0, 0.1) is 11.8 Å². The van der Waals surface area contributed by atoms with E-state index in [2.05, 4.69) is 0 Å². The lowest BCUT2D eigenvalue weighted by Gasteiger charge is -2.21. The minimum absolute atomic E-state index is 0.260. The molecule has 146 valence electrons. The van der Waals surface area contributed by atoms with Crippen LogP contribution < -0.4 is 0 Å². The number of hydrogen-bond acceptors (Lipinski definition) is 4. The molecule has 3 rings (SSSR count). The van der Waals surface area contributed by atoms with E-state index in [-0.39, 0.29) is 11.6 Å². The van der Waals surface area contributed by atoms with E-state index in [1.165, 1.54) is 32.1 Å². The molecule has 27 heavy (non-hydrogen) atoms. The molecular weight excluding hydrogens is 340 g/mol. The van der Waals surface area contributed by atoms with E-state index in [1.54, 1.807) is 6.92 Å². The normalized spacial score (nSPS) is 26.2. The molecule has 4 heteroatoms.